The van der Waals surface area contributed by atoms with Crippen molar-refractivity contribution in [2.75, 3.05) is 0 Å². The van der Waals surface area contributed by atoms with Gasteiger partial charge in [-0.1, -0.05) is 24.3 Å². The van der Waals surface area contributed by atoms with E-state index in [-0.39, 0.29) is 5.69 Å². The van der Waals surface area contributed by atoms with E-state index in [0.29, 0.717) is 10.6 Å². The minimum atomic E-state index is -1.77. The molecule has 0 aromatic heterocycles. The Morgan fingerprint density at radius 3 is 2.24 bits per heavy atom. The van der Waals surface area contributed by atoms with Crippen LogP contribution in [0.3, 0.4) is 0 Å². The molecule has 2 aromatic carbocycles. The Hall–Kier alpha value is -2.06. The standard InChI is InChI=1S/C12H9NO3P/c14-13(15)10-5-4-8-12(9-10)17(16)11-6-2-1-3-7-11/h1-9H. The highest BCUT2D eigenvalue weighted by Gasteiger charge is 2.12. The minimum absolute atomic E-state index is 0.0400. The summed E-state index contributed by atoms with van der Waals surface area (Å²) in [6, 6.07) is 14.8. The van der Waals surface area contributed by atoms with Crippen LogP contribution in [0.1, 0.15) is 0 Å². The van der Waals surface area contributed by atoms with Crippen LogP contribution < -0.4 is 10.6 Å². The van der Waals surface area contributed by atoms with Gasteiger partial charge < -0.3 is 0 Å². The van der Waals surface area contributed by atoms with Crippen molar-refractivity contribution in [1.29, 1.82) is 0 Å². The summed E-state index contributed by atoms with van der Waals surface area (Å²) in [5.41, 5.74) is -0.0400. The van der Waals surface area contributed by atoms with Crippen LogP contribution in [0.15, 0.2) is 54.6 Å². The molecule has 1 radical (unpaired) electrons. The quantitative estimate of drug-likeness (QED) is 0.474. The summed E-state index contributed by atoms with van der Waals surface area (Å²) in [7, 11) is -1.77. The fourth-order valence-electron chi connectivity index (χ4n) is 1.45. The second kappa shape index (κ2) is 4.85. The zero-order valence-corrected chi connectivity index (χ0v) is 9.71. The summed E-state index contributed by atoms with van der Waals surface area (Å²) in [4.78, 5) is 10.1. The van der Waals surface area contributed by atoms with Gasteiger partial charge in [0.05, 0.1) is 4.92 Å². The van der Waals surface area contributed by atoms with Crippen molar-refractivity contribution in [2.45, 2.75) is 0 Å². The molecule has 0 N–H and O–H groups in total. The third-order valence-corrected chi connectivity index (χ3v) is 3.78. The van der Waals surface area contributed by atoms with Gasteiger partial charge in [-0.05, 0) is 18.2 Å². The highest BCUT2D eigenvalue weighted by Crippen LogP contribution is 2.21. The molecule has 0 aliphatic carbocycles. The van der Waals surface area contributed by atoms with Crippen LogP contribution in [-0.2, 0) is 4.57 Å². The van der Waals surface area contributed by atoms with Crippen LogP contribution in [0.25, 0.3) is 0 Å². The van der Waals surface area contributed by atoms with Gasteiger partial charge in [0.25, 0.3) is 5.69 Å². The predicted molar refractivity (Wildman–Crippen MR) is 66.4 cm³/mol. The number of rotatable bonds is 3. The first-order valence-corrected chi connectivity index (χ1v) is 6.21. The molecule has 85 valence electrons. The van der Waals surface area contributed by atoms with Gasteiger partial charge in [-0.2, -0.15) is 0 Å². The maximum Gasteiger partial charge on any atom is 0.270 e. The van der Waals surface area contributed by atoms with E-state index in [1.807, 2.05) is 6.07 Å². The molecule has 0 saturated carbocycles. The van der Waals surface area contributed by atoms with Crippen molar-refractivity contribution in [3.05, 3.63) is 64.7 Å². The Labute approximate surface area is 98.8 Å². The molecule has 2 aromatic rings. The Morgan fingerprint density at radius 1 is 0.941 bits per heavy atom. The number of nitrogens with zero attached hydrogens (tertiary/aromatic N) is 1. The number of non-ortho nitro benzene ring substituents is 1. The molecule has 0 bridgehead atoms. The Balaban J connectivity index is 2.38. The fourth-order valence-corrected chi connectivity index (χ4v) is 2.66. The van der Waals surface area contributed by atoms with Gasteiger partial charge in [0.2, 0.25) is 0 Å². The number of hydrogen-bond acceptors (Lipinski definition) is 3. The Morgan fingerprint density at radius 2 is 1.59 bits per heavy atom. The maximum absolute atomic E-state index is 12.1. The largest absolute Gasteiger partial charge is 0.277 e. The SMILES string of the molecule is O=[N+]([O-])c1cccc([P](=O)c2ccccc2)c1. The lowest BCUT2D eigenvalue weighted by molar-refractivity contribution is -0.384. The highest BCUT2D eigenvalue weighted by atomic mass is 31.1. The molecule has 0 spiro atoms. The van der Waals surface area contributed by atoms with Crippen LogP contribution in [0, 0.1) is 10.1 Å². The average Bonchev–Trinajstić information content (AvgIpc) is 2.39. The van der Waals surface area contributed by atoms with Crippen LogP contribution in [0.4, 0.5) is 5.69 Å². The van der Waals surface area contributed by atoms with E-state index < -0.39 is 12.7 Å². The van der Waals surface area contributed by atoms with E-state index in [4.69, 9.17) is 0 Å². The summed E-state index contributed by atoms with van der Waals surface area (Å²) >= 11 is 0. The lowest BCUT2D eigenvalue weighted by atomic mass is 10.3. The number of hydrogen-bond donors (Lipinski definition) is 0. The van der Waals surface area contributed by atoms with Crippen molar-refractivity contribution >= 4 is 24.1 Å². The van der Waals surface area contributed by atoms with Crippen LogP contribution >= 0.6 is 7.80 Å². The van der Waals surface area contributed by atoms with Gasteiger partial charge in [-0.15, -0.1) is 0 Å². The zero-order chi connectivity index (χ0) is 12.3. The lowest BCUT2D eigenvalue weighted by Crippen LogP contribution is -2.06. The molecule has 5 heteroatoms. The van der Waals surface area contributed by atoms with E-state index in [9.17, 15) is 14.7 Å². The molecule has 0 fully saturated rings. The van der Waals surface area contributed by atoms with Gasteiger partial charge in [0.15, 0.2) is 0 Å². The average molecular weight is 246 g/mol. The van der Waals surface area contributed by atoms with Crippen molar-refractivity contribution < 1.29 is 9.49 Å². The molecular weight excluding hydrogens is 237 g/mol. The molecule has 0 aliphatic rings. The third-order valence-electron chi connectivity index (χ3n) is 2.27. The summed E-state index contributed by atoms with van der Waals surface area (Å²) < 4.78 is 12.1. The van der Waals surface area contributed by atoms with Crippen LogP contribution in [-0.4, -0.2) is 4.92 Å². The predicted octanol–water partition coefficient (Wildman–Crippen LogP) is 2.37. The van der Waals surface area contributed by atoms with Crippen LogP contribution in [0.2, 0.25) is 0 Å². The Kier molecular flexibility index (Phi) is 3.26. The van der Waals surface area contributed by atoms with E-state index >= 15 is 0 Å². The van der Waals surface area contributed by atoms with E-state index in [1.54, 1.807) is 36.4 Å². The Bertz CT molecular complexity index is 569. The second-order valence-electron chi connectivity index (χ2n) is 3.41. The molecule has 2 rings (SSSR count). The number of benzene rings is 2. The summed E-state index contributed by atoms with van der Waals surface area (Å²) in [6.07, 6.45) is 0. The third kappa shape index (κ3) is 2.55. The first-order valence-electron chi connectivity index (χ1n) is 4.95. The molecule has 17 heavy (non-hydrogen) atoms. The first-order chi connectivity index (χ1) is 8.18. The summed E-state index contributed by atoms with van der Waals surface area (Å²) in [6.45, 7) is 0. The molecule has 0 heterocycles. The monoisotopic (exact) mass is 246 g/mol. The summed E-state index contributed by atoms with van der Waals surface area (Å²) in [5.74, 6) is 0. The summed E-state index contributed by atoms with van der Waals surface area (Å²) in [5, 5.41) is 11.8. The van der Waals surface area contributed by atoms with Gasteiger partial charge in [-0.25, -0.2) is 0 Å². The highest BCUT2D eigenvalue weighted by molar-refractivity contribution is 7.61. The maximum atomic E-state index is 12.1. The number of nitro benzene ring substituents is 1. The van der Waals surface area contributed by atoms with E-state index in [2.05, 4.69) is 0 Å². The van der Waals surface area contributed by atoms with Crippen LogP contribution in [0.5, 0.6) is 0 Å². The molecule has 0 saturated heterocycles. The second-order valence-corrected chi connectivity index (χ2v) is 5.03. The van der Waals surface area contributed by atoms with E-state index in [0.717, 1.165) is 0 Å². The van der Waals surface area contributed by atoms with E-state index in [1.165, 1.54) is 12.1 Å². The molecule has 1 unspecified atom stereocenters. The fraction of sp³-hybridized carbons (Fsp3) is 0. The molecule has 0 amide bonds. The molecule has 0 aliphatic heterocycles. The van der Waals surface area contributed by atoms with Crippen molar-refractivity contribution in [3.8, 4) is 0 Å². The van der Waals surface area contributed by atoms with Crippen molar-refractivity contribution in [1.82, 2.24) is 0 Å². The van der Waals surface area contributed by atoms with Gasteiger partial charge in [0.1, 0.15) is 7.80 Å². The molecule has 1 atom stereocenters. The van der Waals surface area contributed by atoms with Gasteiger partial charge in [-0.3, -0.25) is 14.7 Å². The molecule has 4 nitrogen and oxygen atoms in total. The van der Waals surface area contributed by atoms with Crippen molar-refractivity contribution in [3.63, 3.8) is 0 Å². The minimum Gasteiger partial charge on any atom is -0.277 e. The normalized spacial score (nSPS) is 10.9. The smallest absolute Gasteiger partial charge is 0.270 e. The topological polar surface area (TPSA) is 60.2 Å². The number of nitro groups is 1. The zero-order valence-electron chi connectivity index (χ0n) is 8.82. The van der Waals surface area contributed by atoms with Gasteiger partial charge >= 0.3 is 0 Å². The van der Waals surface area contributed by atoms with Crippen molar-refractivity contribution in [2.24, 2.45) is 0 Å². The lowest BCUT2D eigenvalue weighted by Gasteiger charge is -2.01. The molecular formula is C12H9NO3P. The first kappa shape index (κ1) is 11.4. The van der Waals surface area contributed by atoms with Gasteiger partial charge in [0, 0.05) is 22.7 Å².